The van der Waals surface area contributed by atoms with Gasteiger partial charge in [-0.3, -0.25) is 9.97 Å². The molecule has 0 unspecified atom stereocenters. The van der Waals surface area contributed by atoms with Crippen LogP contribution in [0.25, 0.3) is 107 Å². The number of benzene rings is 7. The van der Waals surface area contributed by atoms with E-state index in [9.17, 15) is 0 Å². The van der Waals surface area contributed by atoms with Crippen LogP contribution < -0.4 is 0 Å². The van der Waals surface area contributed by atoms with Crippen LogP contribution in [0.5, 0.6) is 0 Å². The molecule has 11 aromatic rings. The highest BCUT2D eigenvalue weighted by Crippen LogP contribution is 2.45. The molecular formula is C48H28N2S2. The number of thiophene rings is 2. The van der Waals surface area contributed by atoms with Gasteiger partial charge in [-0.25, -0.2) is 0 Å². The molecule has 242 valence electrons. The highest BCUT2D eigenvalue weighted by Gasteiger charge is 2.18. The topological polar surface area (TPSA) is 25.8 Å². The van der Waals surface area contributed by atoms with Crippen LogP contribution in [0.1, 0.15) is 0 Å². The first-order valence-corrected chi connectivity index (χ1v) is 19.1. The molecule has 0 aliphatic heterocycles. The van der Waals surface area contributed by atoms with Crippen LogP contribution in [-0.4, -0.2) is 9.97 Å². The van der Waals surface area contributed by atoms with Gasteiger partial charge in [0.1, 0.15) is 0 Å². The largest absolute Gasteiger partial charge is 0.256 e. The Hall–Kier alpha value is -6.20. The third kappa shape index (κ3) is 4.55. The zero-order valence-corrected chi connectivity index (χ0v) is 29.5. The minimum absolute atomic E-state index is 0.998. The van der Waals surface area contributed by atoms with Crippen molar-refractivity contribution in [3.05, 3.63) is 170 Å². The zero-order chi connectivity index (χ0) is 34.2. The summed E-state index contributed by atoms with van der Waals surface area (Å²) in [7, 11) is 0. The molecule has 0 N–H and O–H groups in total. The van der Waals surface area contributed by atoms with E-state index in [1.807, 2.05) is 35.1 Å². The van der Waals surface area contributed by atoms with Gasteiger partial charge in [0.2, 0.25) is 0 Å². The van der Waals surface area contributed by atoms with Crippen molar-refractivity contribution in [1.29, 1.82) is 0 Å². The number of nitrogens with zero attached hydrogens (tertiary/aromatic N) is 2. The Kier molecular flexibility index (Phi) is 6.63. The van der Waals surface area contributed by atoms with Gasteiger partial charge in [0.05, 0.1) is 16.1 Å². The average Bonchev–Trinajstić information content (AvgIpc) is 3.78. The molecule has 0 aliphatic rings. The summed E-state index contributed by atoms with van der Waals surface area (Å²) in [4.78, 5) is 9.77. The standard InChI is InChI=1S/C48H28N2S2/c1-3-13-37-35(11-1)45(30-19-17-29(18-20-30)41-27-44-40(28-50-41)34-10-6-7-15-42(34)51-44)36-12-2-4-14-38(36)46(37)31-21-23-32(24-22-31)47-48-39(25-26-49-47)33-9-5-8-16-43(33)52-48/h1-28H. The van der Waals surface area contributed by atoms with E-state index in [-0.39, 0.29) is 0 Å². The summed E-state index contributed by atoms with van der Waals surface area (Å²) < 4.78 is 5.09. The summed E-state index contributed by atoms with van der Waals surface area (Å²) in [6.45, 7) is 0. The van der Waals surface area contributed by atoms with Gasteiger partial charge in [-0.2, -0.15) is 0 Å². The van der Waals surface area contributed by atoms with Gasteiger partial charge in [0.15, 0.2) is 0 Å². The molecule has 2 nitrogen and oxygen atoms in total. The van der Waals surface area contributed by atoms with E-state index in [0.29, 0.717) is 0 Å². The lowest BCUT2D eigenvalue weighted by Gasteiger charge is -2.18. The Balaban J connectivity index is 1.02. The van der Waals surface area contributed by atoms with E-state index >= 15 is 0 Å². The molecule has 4 heteroatoms. The number of rotatable bonds is 4. The van der Waals surface area contributed by atoms with Gasteiger partial charge in [-0.1, -0.05) is 133 Å². The van der Waals surface area contributed by atoms with Gasteiger partial charge in [0.25, 0.3) is 0 Å². The third-order valence-electron chi connectivity index (χ3n) is 10.4. The molecule has 7 aromatic carbocycles. The van der Waals surface area contributed by atoms with E-state index < -0.39 is 0 Å². The van der Waals surface area contributed by atoms with Crippen molar-refractivity contribution in [2.75, 3.05) is 0 Å². The highest BCUT2D eigenvalue weighted by molar-refractivity contribution is 7.26. The maximum absolute atomic E-state index is 4.90. The average molecular weight is 697 g/mol. The molecule has 0 fully saturated rings. The molecule has 4 heterocycles. The van der Waals surface area contributed by atoms with Gasteiger partial charge in [-0.05, 0) is 68.1 Å². The predicted molar refractivity (Wildman–Crippen MR) is 225 cm³/mol. The van der Waals surface area contributed by atoms with Crippen molar-refractivity contribution in [1.82, 2.24) is 9.97 Å². The van der Waals surface area contributed by atoms with E-state index in [1.54, 1.807) is 0 Å². The van der Waals surface area contributed by atoms with Crippen molar-refractivity contribution in [3.8, 4) is 44.8 Å². The van der Waals surface area contributed by atoms with Gasteiger partial charge in [-0.15, -0.1) is 22.7 Å². The van der Waals surface area contributed by atoms with Crippen molar-refractivity contribution in [2.45, 2.75) is 0 Å². The summed E-state index contributed by atoms with van der Waals surface area (Å²) in [5.41, 5.74) is 9.20. The fraction of sp³-hybridized carbons (Fsp3) is 0. The van der Waals surface area contributed by atoms with Crippen LogP contribution >= 0.6 is 22.7 Å². The number of fused-ring (bicyclic) bond motifs is 8. The van der Waals surface area contributed by atoms with E-state index in [1.165, 1.54) is 84.1 Å². The summed E-state index contributed by atoms with van der Waals surface area (Å²) in [6.07, 6.45) is 3.97. The first-order valence-electron chi connectivity index (χ1n) is 17.5. The third-order valence-corrected chi connectivity index (χ3v) is 12.7. The van der Waals surface area contributed by atoms with Gasteiger partial charge >= 0.3 is 0 Å². The Morgan fingerprint density at radius 2 is 0.827 bits per heavy atom. The molecule has 0 atom stereocenters. The maximum Gasteiger partial charge on any atom is 0.0880 e. The SMILES string of the molecule is c1ccc2c(c1)sc1cc(-c3ccc(-c4c5ccccc5c(-c5ccc(-c6nccc7c6sc6ccccc67)cc5)c5ccccc45)cc3)ncc12. The summed E-state index contributed by atoms with van der Waals surface area (Å²) in [5, 5.41) is 10.0. The second kappa shape index (κ2) is 11.7. The van der Waals surface area contributed by atoms with Crippen molar-refractivity contribution in [3.63, 3.8) is 0 Å². The number of hydrogen-bond donors (Lipinski definition) is 0. The predicted octanol–water partition coefficient (Wildman–Crippen LogP) is 14.2. The Labute approximate surface area is 307 Å². The molecule has 0 amide bonds. The van der Waals surface area contributed by atoms with Crippen LogP contribution in [0, 0.1) is 0 Å². The van der Waals surface area contributed by atoms with Crippen LogP contribution in [0.3, 0.4) is 0 Å². The van der Waals surface area contributed by atoms with Gasteiger partial charge < -0.3 is 0 Å². The van der Waals surface area contributed by atoms with Crippen LogP contribution in [0.15, 0.2) is 170 Å². The molecule has 0 aliphatic carbocycles. The first-order chi connectivity index (χ1) is 25.8. The van der Waals surface area contributed by atoms with Crippen LogP contribution in [-0.2, 0) is 0 Å². The second-order valence-electron chi connectivity index (χ2n) is 13.3. The first kappa shape index (κ1) is 29.5. The normalized spacial score (nSPS) is 11.8. The lowest BCUT2D eigenvalue weighted by molar-refractivity contribution is 1.36. The van der Waals surface area contributed by atoms with Gasteiger partial charge in [0, 0.05) is 59.2 Å². The van der Waals surface area contributed by atoms with Crippen molar-refractivity contribution >= 4 is 84.6 Å². The smallest absolute Gasteiger partial charge is 0.0880 e. The second-order valence-corrected chi connectivity index (χ2v) is 15.4. The monoisotopic (exact) mass is 696 g/mol. The molecule has 4 aromatic heterocycles. The van der Waals surface area contributed by atoms with E-state index in [4.69, 9.17) is 9.97 Å². The number of aromatic nitrogens is 2. The van der Waals surface area contributed by atoms with Crippen LogP contribution in [0.2, 0.25) is 0 Å². The summed E-state index contributed by atoms with van der Waals surface area (Å²) >= 11 is 3.65. The fourth-order valence-electron chi connectivity index (χ4n) is 7.99. The molecule has 52 heavy (non-hydrogen) atoms. The molecule has 0 radical (unpaired) electrons. The fourth-order valence-corrected chi connectivity index (χ4v) is 10.3. The highest BCUT2D eigenvalue weighted by atomic mass is 32.1. The number of pyridine rings is 2. The molecule has 0 saturated carbocycles. The van der Waals surface area contributed by atoms with E-state index in [2.05, 4.69) is 158 Å². The molecular weight excluding hydrogens is 669 g/mol. The lowest BCUT2D eigenvalue weighted by Crippen LogP contribution is -1.91. The lowest BCUT2D eigenvalue weighted by atomic mass is 9.85. The molecule has 0 spiro atoms. The maximum atomic E-state index is 4.90. The zero-order valence-electron chi connectivity index (χ0n) is 27.9. The minimum atomic E-state index is 0.998. The van der Waals surface area contributed by atoms with Crippen molar-refractivity contribution in [2.24, 2.45) is 0 Å². The Bertz CT molecular complexity index is 3110. The molecule has 0 bridgehead atoms. The summed E-state index contributed by atoms with van der Waals surface area (Å²) in [6, 6.07) is 57.3. The Morgan fingerprint density at radius 1 is 0.346 bits per heavy atom. The van der Waals surface area contributed by atoms with Crippen molar-refractivity contribution < 1.29 is 0 Å². The minimum Gasteiger partial charge on any atom is -0.256 e. The van der Waals surface area contributed by atoms with Crippen LogP contribution in [0.4, 0.5) is 0 Å². The summed E-state index contributed by atoms with van der Waals surface area (Å²) in [5.74, 6) is 0. The molecule has 0 saturated heterocycles. The Morgan fingerprint density at radius 3 is 1.42 bits per heavy atom. The quantitative estimate of drug-likeness (QED) is 0.171. The van der Waals surface area contributed by atoms with E-state index in [0.717, 1.165) is 22.5 Å². The molecule has 11 rings (SSSR count). The number of hydrogen-bond acceptors (Lipinski definition) is 4.